The molecule has 0 unspecified atom stereocenters. The quantitative estimate of drug-likeness (QED) is 0.714. The van der Waals surface area contributed by atoms with Crippen molar-refractivity contribution in [1.29, 1.82) is 0 Å². The molecule has 1 heterocycles. The summed E-state index contributed by atoms with van der Waals surface area (Å²) in [6.07, 6.45) is 3.85. The van der Waals surface area contributed by atoms with Gasteiger partial charge in [-0.1, -0.05) is 13.8 Å². The molecule has 3 heteroatoms. The number of rotatable bonds is 3. The van der Waals surface area contributed by atoms with Gasteiger partial charge in [-0.15, -0.1) is 0 Å². The van der Waals surface area contributed by atoms with Gasteiger partial charge >= 0.3 is 0 Å². The molecule has 11 heavy (non-hydrogen) atoms. The topological polar surface area (TPSA) is 29.9 Å². The Morgan fingerprint density at radius 2 is 2.36 bits per heavy atom. The molecule has 0 saturated heterocycles. The van der Waals surface area contributed by atoms with Crippen LogP contribution in [0.4, 0.5) is 5.69 Å². The van der Waals surface area contributed by atoms with E-state index in [4.69, 9.17) is 0 Å². The fourth-order valence-corrected chi connectivity index (χ4v) is 0.967. The van der Waals surface area contributed by atoms with Gasteiger partial charge in [-0.2, -0.15) is 5.10 Å². The highest BCUT2D eigenvalue weighted by Crippen LogP contribution is 2.05. The second-order valence-corrected chi connectivity index (χ2v) is 3.09. The lowest BCUT2D eigenvalue weighted by atomic mass is 10.2. The zero-order chi connectivity index (χ0) is 8.27. The smallest absolute Gasteiger partial charge is 0.0723 e. The molecular weight excluding hydrogens is 138 g/mol. The average Bonchev–Trinajstić information content (AvgIpc) is 2.34. The highest BCUT2D eigenvalue weighted by Gasteiger charge is 1.97. The molecule has 1 rings (SSSR count). The molecule has 0 aliphatic rings. The molecular formula is C8H15N3. The van der Waals surface area contributed by atoms with E-state index in [1.165, 1.54) is 0 Å². The highest BCUT2D eigenvalue weighted by atomic mass is 15.3. The van der Waals surface area contributed by atoms with E-state index in [1.807, 2.05) is 24.1 Å². The molecule has 1 aromatic rings. The lowest BCUT2D eigenvalue weighted by Gasteiger charge is -2.02. The molecule has 0 bridgehead atoms. The molecule has 0 aliphatic heterocycles. The van der Waals surface area contributed by atoms with Gasteiger partial charge in [0, 0.05) is 19.8 Å². The first-order valence-electron chi connectivity index (χ1n) is 3.92. The minimum atomic E-state index is 0.652. The number of hydrogen-bond donors (Lipinski definition) is 1. The molecule has 0 saturated carbocycles. The van der Waals surface area contributed by atoms with Crippen LogP contribution in [0, 0.1) is 5.92 Å². The molecule has 3 nitrogen and oxygen atoms in total. The van der Waals surface area contributed by atoms with Crippen LogP contribution in [0.25, 0.3) is 0 Å². The van der Waals surface area contributed by atoms with E-state index in [2.05, 4.69) is 24.3 Å². The van der Waals surface area contributed by atoms with Gasteiger partial charge in [-0.05, 0) is 5.92 Å². The summed E-state index contributed by atoms with van der Waals surface area (Å²) in [5, 5.41) is 7.22. The average molecular weight is 153 g/mol. The lowest BCUT2D eigenvalue weighted by molar-refractivity contribution is 0.483. The van der Waals surface area contributed by atoms with Gasteiger partial charge in [-0.3, -0.25) is 4.68 Å². The Morgan fingerprint density at radius 3 is 2.82 bits per heavy atom. The predicted octanol–water partition coefficient (Wildman–Crippen LogP) is 1.58. The van der Waals surface area contributed by atoms with E-state index in [1.54, 1.807) is 0 Å². The molecule has 0 fully saturated rings. The van der Waals surface area contributed by atoms with E-state index in [9.17, 15) is 0 Å². The van der Waals surface area contributed by atoms with E-state index in [0.717, 1.165) is 12.2 Å². The maximum Gasteiger partial charge on any atom is 0.0723 e. The Bertz CT molecular complexity index is 215. The number of nitrogens with zero attached hydrogens (tertiary/aromatic N) is 2. The molecule has 0 aliphatic carbocycles. The van der Waals surface area contributed by atoms with Crippen molar-refractivity contribution in [2.75, 3.05) is 12.4 Å². The van der Waals surface area contributed by atoms with Crippen LogP contribution in [-0.4, -0.2) is 16.8 Å². The van der Waals surface area contributed by atoms with E-state index in [-0.39, 0.29) is 0 Å². The van der Waals surface area contributed by atoms with Crippen LogP contribution in [0.15, 0.2) is 12.4 Å². The van der Waals surface area contributed by atoms with Gasteiger partial charge in [0.1, 0.15) is 0 Å². The first kappa shape index (κ1) is 8.11. The molecule has 0 radical (unpaired) electrons. The normalized spacial score (nSPS) is 10.5. The number of anilines is 1. The Labute approximate surface area is 67.4 Å². The fourth-order valence-electron chi connectivity index (χ4n) is 0.967. The monoisotopic (exact) mass is 153 g/mol. The van der Waals surface area contributed by atoms with Crippen molar-refractivity contribution >= 4 is 5.69 Å². The van der Waals surface area contributed by atoms with Gasteiger partial charge < -0.3 is 5.32 Å². The summed E-state index contributed by atoms with van der Waals surface area (Å²) in [7, 11) is 1.90. The molecule has 0 amide bonds. The fraction of sp³-hybridized carbons (Fsp3) is 0.625. The number of hydrogen-bond acceptors (Lipinski definition) is 2. The van der Waals surface area contributed by atoms with Crippen molar-refractivity contribution in [3.8, 4) is 0 Å². The van der Waals surface area contributed by atoms with Crippen molar-refractivity contribution < 1.29 is 0 Å². The lowest BCUT2D eigenvalue weighted by Crippen LogP contribution is -2.04. The zero-order valence-corrected chi connectivity index (χ0v) is 7.33. The van der Waals surface area contributed by atoms with Crippen molar-refractivity contribution in [2.24, 2.45) is 5.92 Å². The minimum Gasteiger partial charge on any atom is -0.386 e. The van der Waals surface area contributed by atoms with Gasteiger partial charge in [0.15, 0.2) is 0 Å². The Kier molecular flexibility index (Phi) is 2.52. The third-order valence-electron chi connectivity index (χ3n) is 1.47. The van der Waals surface area contributed by atoms with Crippen molar-refractivity contribution in [2.45, 2.75) is 20.4 Å². The minimum absolute atomic E-state index is 0.652. The second kappa shape index (κ2) is 3.42. The van der Waals surface area contributed by atoms with Crippen LogP contribution in [0.5, 0.6) is 0 Å². The third kappa shape index (κ3) is 2.26. The van der Waals surface area contributed by atoms with Crippen LogP contribution in [-0.2, 0) is 6.54 Å². The maximum atomic E-state index is 4.18. The van der Waals surface area contributed by atoms with Crippen molar-refractivity contribution in [1.82, 2.24) is 9.78 Å². The number of aromatic nitrogens is 2. The van der Waals surface area contributed by atoms with Crippen LogP contribution < -0.4 is 5.32 Å². The number of nitrogens with one attached hydrogen (secondary N) is 1. The molecule has 0 aromatic carbocycles. The molecule has 0 atom stereocenters. The highest BCUT2D eigenvalue weighted by molar-refractivity contribution is 5.36. The molecule has 0 spiro atoms. The SMILES string of the molecule is CNc1cnn(CC(C)C)c1. The Hall–Kier alpha value is -0.990. The van der Waals surface area contributed by atoms with Crippen LogP contribution in [0.3, 0.4) is 0 Å². The van der Waals surface area contributed by atoms with E-state index >= 15 is 0 Å². The molecule has 62 valence electrons. The van der Waals surface area contributed by atoms with Gasteiger partial charge in [0.05, 0.1) is 11.9 Å². The van der Waals surface area contributed by atoms with Crippen molar-refractivity contribution in [3.05, 3.63) is 12.4 Å². The van der Waals surface area contributed by atoms with E-state index in [0.29, 0.717) is 5.92 Å². The summed E-state index contributed by atoms with van der Waals surface area (Å²) in [6, 6.07) is 0. The summed E-state index contributed by atoms with van der Waals surface area (Å²) in [6.45, 7) is 5.35. The Balaban J connectivity index is 2.58. The molecule has 1 N–H and O–H groups in total. The maximum absolute atomic E-state index is 4.18. The zero-order valence-electron chi connectivity index (χ0n) is 7.33. The summed E-state index contributed by atoms with van der Waals surface area (Å²) in [5.74, 6) is 0.652. The third-order valence-corrected chi connectivity index (χ3v) is 1.47. The van der Waals surface area contributed by atoms with Crippen LogP contribution in [0.1, 0.15) is 13.8 Å². The summed E-state index contributed by atoms with van der Waals surface area (Å²) in [5.41, 5.74) is 1.07. The van der Waals surface area contributed by atoms with E-state index < -0.39 is 0 Å². The van der Waals surface area contributed by atoms with Gasteiger partial charge in [0.25, 0.3) is 0 Å². The van der Waals surface area contributed by atoms with Gasteiger partial charge in [0.2, 0.25) is 0 Å². The standard InChI is InChI=1S/C8H15N3/c1-7(2)5-11-6-8(9-3)4-10-11/h4,6-7,9H,5H2,1-3H3. The largest absolute Gasteiger partial charge is 0.386 e. The summed E-state index contributed by atoms with van der Waals surface area (Å²) in [4.78, 5) is 0. The molecule has 1 aromatic heterocycles. The van der Waals surface area contributed by atoms with Gasteiger partial charge in [-0.25, -0.2) is 0 Å². The second-order valence-electron chi connectivity index (χ2n) is 3.09. The van der Waals surface area contributed by atoms with Crippen LogP contribution in [0.2, 0.25) is 0 Å². The Morgan fingerprint density at radius 1 is 1.64 bits per heavy atom. The van der Waals surface area contributed by atoms with Crippen LogP contribution >= 0.6 is 0 Å². The summed E-state index contributed by atoms with van der Waals surface area (Å²) >= 11 is 0. The predicted molar refractivity (Wildman–Crippen MR) is 46.6 cm³/mol. The van der Waals surface area contributed by atoms with Crippen molar-refractivity contribution in [3.63, 3.8) is 0 Å². The first-order valence-corrected chi connectivity index (χ1v) is 3.92. The summed E-state index contributed by atoms with van der Waals surface area (Å²) < 4.78 is 1.95. The first-order chi connectivity index (χ1) is 5.22.